The Morgan fingerprint density at radius 3 is 2.95 bits per heavy atom. The lowest BCUT2D eigenvalue weighted by atomic mass is 10.1. The van der Waals surface area contributed by atoms with E-state index in [0.29, 0.717) is 23.0 Å². The molecule has 1 atom stereocenters. The van der Waals surface area contributed by atoms with Crippen molar-refractivity contribution in [2.24, 2.45) is 0 Å². The Balaban J connectivity index is 2.17. The number of carbonyl (C=O) groups excluding carboxylic acids is 1. The molecule has 0 spiro atoms. The van der Waals surface area contributed by atoms with Crippen molar-refractivity contribution in [1.82, 2.24) is 4.90 Å². The number of nitro benzene ring substituents is 1. The third kappa shape index (κ3) is 3.64. The minimum absolute atomic E-state index is 0.132. The van der Waals surface area contributed by atoms with Crippen LogP contribution in [0.4, 0.5) is 5.69 Å². The van der Waals surface area contributed by atoms with Gasteiger partial charge in [0, 0.05) is 35.1 Å². The minimum atomic E-state index is -0.351. The van der Waals surface area contributed by atoms with Crippen LogP contribution in [-0.2, 0) is 11.3 Å². The number of hydrogen-bond donors (Lipinski definition) is 0. The number of halogens is 1. The first-order chi connectivity index (χ1) is 9.47. The van der Waals surface area contributed by atoms with Gasteiger partial charge in [-0.1, -0.05) is 15.9 Å². The van der Waals surface area contributed by atoms with E-state index in [1.54, 1.807) is 13.0 Å². The highest BCUT2D eigenvalue weighted by molar-refractivity contribution is 9.10. The Morgan fingerprint density at radius 2 is 2.30 bits per heavy atom. The zero-order valence-corrected chi connectivity index (χ0v) is 12.9. The van der Waals surface area contributed by atoms with Gasteiger partial charge in [-0.05, 0) is 38.4 Å². The van der Waals surface area contributed by atoms with E-state index in [4.69, 9.17) is 0 Å². The molecule has 0 bridgehead atoms. The molecule has 20 heavy (non-hydrogen) atoms. The summed E-state index contributed by atoms with van der Waals surface area (Å²) in [4.78, 5) is 24.2. The lowest BCUT2D eigenvalue weighted by molar-refractivity contribution is -0.385. The van der Waals surface area contributed by atoms with Gasteiger partial charge in [-0.3, -0.25) is 19.8 Å². The van der Waals surface area contributed by atoms with Gasteiger partial charge in [-0.2, -0.15) is 0 Å². The summed E-state index contributed by atoms with van der Waals surface area (Å²) in [6, 6.07) is 5.35. The van der Waals surface area contributed by atoms with Gasteiger partial charge in [0.1, 0.15) is 5.78 Å². The van der Waals surface area contributed by atoms with Gasteiger partial charge in [0.15, 0.2) is 0 Å². The second-order valence-electron chi connectivity index (χ2n) is 5.20. The first kappa shape index (κ1) is 15.1. The van der Waals surface area contributed by atoms with E-state index in [0.717, 1.165) is 19.4 Å². The van der Waals surface area contributed by atoms with Crippen LogP contribution in [0.2, 0.25) is 0 Å². The molecular weight excluding hydrogens is 324 g/mol. The summed E-state index contributed by atoms with van der Waals surface area (Å²) >= 11 is 3.26. The van der Waals surface area contributed by atoms with Gasteiger partial charge in [-0.15, -0.1) is 0 Å². The van der Waals surface area contributed by atoms with E-state index < -0.39 is 0 Å². The van der Waals surface area contributed by atoms with Gasteiger partial charge < -0.3 is 0 Å². The monoisotopic (exact) mass is 340 g/mol. The van der Waals surface area contributed by atoms with Gasteiger partial charge in [0.2, 0.25) is 0 Å². The predicted octanol–water partition coefficient (Wildman–Crippen LogP) is 3.30. The lowest BCUT2D eigenvalue weighted by Gasteiger charge is -2.23. The number of nitro groups is 1. The molecule has 2 rings (SSSR count). The summed E-state index contributed by atoms with van der Waals surface area (Å²) in [5.74, 6) is 0.173. The summed E-state index contributed by atoms with van der Waals surface area (Å²) in [6.07, 6.45) is 2.57. The SMILES string of the molecule is CC(=O)CC1CCCN1Cc1ccc(Br)cc1[N+](=O)[O-]. The first-order valence-corrected chi connectivity index (χ1v) is 7.43. The maximum atomic E-state index is 11.3. The Bertz CT molecular complexity index is 533. The molecule has 5 nitrogen and oxygen atoms in total. The summed E-state index contributed by atoms with van der Waals surface area (Å²) in [7, 11) is 0. The van der Waals surface area contributed by atoms with Crippen LogP contribution >= 0.6 is 15.9 Å². The normalized spacial score (nSPS) is 19.2. The number of Topliss-reactive ketones (excluding diaryl/α,β-unsaturated/α-hetero) is 1. The molecular formula is C14H17BrN2O3. The average molecular weight is 341 g/mol. The lowest BCUT2D eigenvalue weighted by Crippen LogP contribution is -2.30. The van der Waals surface area contributed by atoms with Gasteiger partial charge in [0.25, 0.3) is 5.69 Å². The third-order valence-electron chi connectivity index (χ3n) is 3.64. The van der Waals surface area contributed by atoms with Crippen molar-refractivity contribution in [2.45, 2.75) is 38.8 Å². The van der Waals surface area contributed by atoms with E-state index in [1.165, 1.54) is 6.07 Å². The standard InChI is InChI=1S/C14H17BrN2O3/c1-10(18)7-13-3-2-6-16(13)9-11-4-5-12(15)8-14(11)17(19)20/h4-5,8,13H,2-3,6-7,9H2,1H3. The van der Waals surface area contributed by atoms with Crippen LogP contribution in [0.25, 0.3) is 0 Å². The molecule has 1 aromatic carbocycles. The highest BCUT2D eigenvalue weighted by Crippen LogP contribution is 2.28. The van der Waals surface area contributed by atoms with Crippen molar-refractivity contribution >= 4 is 27.4 Å². The summed E-state index contributed by atoms with van der Waals surface area (Å²) in [6.45, 7) is 3.02. The molecule has 1 aromatic rings. The van der Waals surface area contributed by atoms with Crippen molar-refractivity contribution in [1.29, 1.82) is 0 Å². The maximum Gasteiger partial charge on any atom is 0.275 e. The number of nitrogens with zero attached hydrogens (tertiary/aromatic N) is 2. The van der Waals surface area contributed by atoms with Crippen molar-refractivity contribution in [3.05, 3.63) is 38.3 Å². The van der Waals surface area contributed by atoms with Crippen LogP contribution in [-0.4, -0.2) is 28.2 Å². The Labute approximate surface area is 126 Å². The molecule has 1 fully saturated rings. The van der Waals surface area contributed by atoms with Gasteiger partial charge >= 0.3 is 0 Å². The summed E-state index contributed by atoms with van der Waals surface area (Å²) in [5.41, 5.74) is 0.835. The van der Waals surface area contributed by atoms with Crippen LogP contribution in [0, 0.1) is 10.1 Å². The molecule has 0 radical (unpaired) electrons. The van der Waals surface area contributed by atoms with E-state index in [-0.39, 0.29) is 22.4 Å². The van der Waals surface area contributed by atoms with Crippen LogP contribution in [0.1, 0.15) is 31.7 Å². The quantitative estimate of drug-likeness (QED) is 0.609. The molecule has 1 aliphatic rings. The maximum absolute atomic E-state index is 11.3. The van der Waals surface area contributed by atoms with Crippen LogP contribution in [0.5, 0.6) is 0 Å². The van der Waals surface area contributed by atoms with Gasteiger partial charge in [0.05, 0.1) is 4.92 Å². The topological polar surface area (TPSA) is 63.5 Å². The fourth-order valence-corrected chi connectivity index (χ4v) is 3.07. The first-order valence-electron chi connectivity index (χ1n) is 6.63. The highest BCUT2D eigenvalue weighted by atomic mass is 79.9. The molecule has 1 saturated heterocycles. The predicted molar refractivity (Wildman–Crippen MR) is 79.5 cm³/mol. The average Bonchev–Trinajstić information content (AvgIpc) is 2.78. The Kier molecular flexibility index (Phi) is 4.88. The zero-order valence-electron chi connectivity index (χ0n) is 11.3. The van der Waals surface area contributed by atoms with E-state index in [9.17, 15) is 14.9 Å². The van der Waals surface area contributed by atoms with Crippen LogP contribution < -0.4 is 0 Å². The van der Waals surface area contributed by atoms with E-state index >= 15 is 0 Å². The molecule has 0 amide bonds. The van der Waals surface area contributed by atoms with E-state index in [1.807, 2.05) is 6.07 Å². The molecule has 1 heterocycles. The number of rotatable bonds is 5. The number of ketones is 1. The number of hydrogen-bond acceptors (Lipinski definition) is 4. The third-order valence-corrected chi connectivity index (χ3v) is 4.13. The molecule has 6 heteroatoms. The number of likely N-dealkylation sites (tertiary alicyclic amines) is 1. The fraction of sp³-hybridized carbons (Fsp3) is 0.500. The second kappa shape index (κ2) is 6.45. The van der Waals surface area contributed by atoms with Crippen molar-refractivity contribution in [3.8, 4) is 0 Å². The highest BCUT2D eigenvalue weighted by Gasteiger charge is 2.27. The van der Waals surface area contributed by atoms with Crippen molar-refractivity contribution in [2.75, 3.05) is 6.54 Å². The van der Waals surface area contributed by atoms with Gasteiger partial charge in [-0.25, -0.2) is 0 Å². The summed E-state index contributed by atoms with van der Waals surface area (Å²) in [5, 5.41) is 11.1. The smallest absolute Gasteiger partial charge is 0.275 e. The molecule has 0 N–H and O–H groups in total. The minimum Gasteiger partial charge on any atom is -0.300 e. The fourth-order valence-electron chi connectivity index (χ4n) is 2.73. The molecule has 0 saturated carbocycles. The number of carbonyl (C=O) groups is 1. The van der Waals surface area contributed by atoms with Crippen molar-refractivity contribution in [3.63, 3.8) is 0 Å². The molecule has 0 aromatic heterocycles. The van der Waals surface area contributed by atoms with Crippen LogP contribution in [0.15, 0.2) is 22.7 Å². The molecule has 0 aliphatic carbocycles. The van der Waals surface area contributed by atoms with Crippen LogP contribution in [0.3, 0.4) is 0 Å². The van der Waals surface area contributed by atoms with E-state index in [2.05, 4.69) is 20.8 Å². The Hall–Kier alpha value is -1.27. The zero-order chi connectivity index (χ0) is 14.7. The molecule has 1 unspecified atom stereocenters. The van der Waals surface area contributed by atoms with Crippen molar-refractivity contribution < 1.29 is 9.72 Å². The molecule has 108 valence electrons. The Morgan fingerprint density at radius 1 is 1.55 bits per heavy atom. The number of benzene rings is 1. The second-order valence-corrected chi connectivity index (χ2v) is 6.12. The largest absolute Gasteiger partial charge is 0.300 e. The summed E-state index contributed by atoms with van der Waals surface area (Å²) < 4.78 is 0.703. The molecule has 1 aliphatic heterocycles.